The summed E-state index contributed by atoms with van der Waals surface area (Å²) in [6, 6.07) is 2.86. The van der Waals surface area contributed by atoms with Crippen molar-refractivity contribution in [2.75, 3.05) is 0 Å². The lowest BCUT2D eigenvalue weighted by atomic mass is 10.1. The van der Waals surface area contributed by atoms with Crippen molar-refractivity contribution in [3.63, 3.8) is 0 Å². The van der Waals surface area contributed by atoms with Gasteiger partial charge in [0.1, 0.15) is 5.75 Å². The van der Waals surface area contributed by atoms with E-state index in [9.17, 15) is 18.0 Å². The van der Waals surface area contributed by atoms with E-state index in [1.165, 1.54) is 6.92 Å². The molecule has 0 heterocycles. The number of rotatable bonds is 6. The Morgan fingerprint density at radius 1 is 1.15 bits per heavy atom. The summed E-state index contributed by atoms with van der Waals surface area (Å²) in [7, 11) is -4.50. The molecule has 0 saturated carbocycles. The maximum absolute atomic E-state index is 11.0. The zero-order chi connectivity index (χ0) is 15.5. The number of carboxylic acid groups (broad SMARTS) is 2. The Kier molecular flexibility index (Phi) is 4.69. The van der Waals surface area contributed by atoms with Gasteiger partial charge in [-0.2, -0.15) is 8.42 Å². The summed E-state index contributed by atoms with van der Waals surface area (Å²) in [5, 5.41) is 17.7. The molecule has 8 nitrogen and oxygen atoms in total. The number of aromatic carboxylic acids is 2. The third kappa shape index (κ3) is 3.93. The number of carboxylic acids is 2. The molecule has 0 amide bonds. The van der Waals surface area contributed by atoms with E-state index in [0.717, 1.165) is 18.2 Å². The molecule has 0 aliphatic rings. The van der Waals surface area contributed by atoms with Crippen molar-refractivity contribution in [2.24, 2.45) is 0 Å². The number of benzene rings is 1. The zero-order valence-corrected chi connectivity index (χ0v) is 11.1. The third-order valence-electron chi connectivity index (χ3n) is 2.33. The van der Waals surface area contributed by atoms with Crippen LogP contribution in [0.1, 0.15) is 34.1 Å². The lowest BCUT2D eigenvalue weighted by Crippen LogP contribution is -2.26. The molecule has 1 aromatic carbocycles. The van der Waals surface area contributed by atoms with Gasteiger partial charge in [0.2, 0.25) is 5.44 Å². The van der Waals surface area contributed by atoms with Gasteiger partial charge in [0.15, 0.2) is 0 Å². The molecular formula is C11H12O8S. The van der Waals surface area contributed by atoms with Crippen LogP contribution in [0.5, 0.6) is 5.75 Å². The van der Waals surface area contributed by atoms with Crippen LogP contribution in [-0.4, -0.2) is 40.6 Å². The van der Waals surface area contributed by atoms with E-state index in [1.807, 2.05) is 0 Å². The van der Waals surface area contributed by atoms with Crippen LogP contribution >= 0.6 is 0 Å². The minimum Gasteiger partial charge on any atom is -0.478 e. The van der Waals surface area contributed by atoms with Crippen molar-refractivity contribution < 1.29 is 37.5 Å². The van der Waals surface area contributed by atoms with Gasteiger partial charge >= 0.3 is 22.1 Å². The van der Waals surface area contributed by atoms with Crippen LogP contribution in [0.2, 0.25) is 0 Å². The fourth-order valence-corrected chi connectivity index (χ4v) is 2.07. The Hall–Kier alpha value is -2.13. The molecule has 1 rings (SSSR count). The van der Waals surface area contributed by atoms with Crippen LogP contribution in [0.15, 0.2) is 18.2 Å². The summed E-state index contributed by atoms with van der Waals surface area (Å²) in [5.74, 6) is -3.05. The minimum absolute atomic E-state index is 0.0987. The number of hydrogen-bond donors (Lipinski definition) is 3. The molecule has 0 aromatic heterocycles. The molecule has 1 unspecified atom stereocenters. The highest BCUT2D eigenvalue weighted by Crippen LogP contribution is 2.21. The first-order chi connectivity index (χ1) is 9.15. The Morgan fingerprint density at radius 2 is 1.60 bits per heavy atom. The van der Waals surface area contributed by atoms with Crippen molar-refractivity contribution >= 4 is 22.1 Å². The Morgan fingerprint density at radius 3 is 1.90 bits per heavy atom. The predicted molar refractivity (Wildman–Crippen MR) is 66.6 cm³/mol. The third-order valence-corrected chi connectivity index (χ3v) is 3.43. The normalized spacial score (nSPS) is 12.7. The first-order valence-electron chi connectivity index (χ1n) is 5.39. The van der Waals surface area contributed by atoms with Gasteiger partial charge in [-0.3, -0.25) is 4.55 Å². The molecule has 20 heavy (non-hydrogen) atoms. The second-order valence-corrected chi connectivity index (χ2v) is 5.38. The van der Waals surface area contributed by atoms with Gasteiger partial charge in [-0.15, -0.1) is 0 Å². The molecule has 1 atom stereocenters. The molecule has 0 fully saturated rings. The fourth-order valence-electron chi connectivity index (χ4n) is 1.42. The van der Waals surface area contributed by atoms with Gasteiger partial charge in [0.25, 0.3) is 0 Å². The predicted octanol–water partition coefficient (Wildman–Crippen LogP) is 1.09. The van der Waals surface area contributed by atoms with Crippen LogP contribution in [0.4, 0.5) is 0 Å². The molecule has 0 aliphatic heterocycles. The Balaban J connectivity index is 3.24. The highest BCUT2D eigenvalue weighted by Gasteiger charge is 2.24. The molecular weight excluding hydrogens is 292 g/mol. The van der Waals surface area contributed by atoms with E-state index in [1.54, 1.807) is 0 Å². The highest BCUT2D eigenvalue weighted by molar-refractivity contribution is 7.86. The number of carbonyl (C=O) groups is 2. The number of ether oxygens (including phenoxy) is 1. The van der Waals surface area contributed by atoms with Crippen molar-refractivity contribution in [3.8, 4) is 5.75 Å². The quantitative estimate of drug-likeness (QED) is 0.664. The lowest BCUT2D eigenvalue weighted by Gasteiger charge is -2.15. The molecule has 0 saturated heterocycles. The smallest absolute Gasteiger partial charge is 0.335 e. The zero-order valence-electron chi connectivity index (χ0n) is 10.3. The maximum atomic E-state index is 11.0. The SMILES string of the molecule is CCC(Oc1cc(C(=O)O)cc(C(=O)O)c1)S(=O)(=O)O. The minimum atomic E-state index is -4.50. The summed E-state index contributed by atoms with van der Waals surface area (Å²) < 4.78 is 35.9. The molecule has 110 valence electrons. The summed E-state index contributed by atoms with van der Waals surface area (Å²) in [4.78, 5) is 21.7. The van der Waals surface area contributed by atoms with E-state index >= 15 is 0 Å². The molecule has 0 radical (unpaired) electrons. The topological polar surface area (TPSA) is 138 Å². The van der Waals surface area contributed by atoms with E-state index < -0.39 is 27.5 Å². The molecule has 3 N–H and O–H groups in total. The van der Waals surface area contributed by atoms with Crippen molar-refractivity contribution in [2.45, 2.75) is 18.8 Å². The summed E-state index contributed by atoms with van der Waals surface area (Å²) in [6.07, 6.45) is -0.0987. The van der Waals surface area contributed by atoms with Crippen molar-refractivity contribution in [1.29, 1.82) is 0 Å². The molecule has 9 heteroatoms. The summed E-state index contributed by atoms with van der Waals surface area (Å²) in [6.45, 7) is 1.43. The van der Waals surface area contributed by atoms with Gasteiger partial charge in [-0.25, -0.2) is 9.59 Å². The van der Waals surface area contributed by atoms with Gasteiger partial charge in [0.05, 0.1) is 11.1 Å². The standard InChI is InChI=1S/C11H12O8S/c1-2-9(20(16,17)18)19-8-4-6(10(12)13)3-7(5-8)11(14)15/h3-5,9H,2H2,1H3,(H,12,13)(H,14,15)(H,16,17,18). The van der Waals surface area contributed by atoms with Crippen molar-refractivity contribution in [3.05, 3.63) is 29.3 Å². The van der Waals surface area contributed by atoms with Gasteiger partial charge in [0, 0.05) is 0 Å². The fraction of sp³-hybridized carbons (Fsp3) is 0.273. The second kappa shape index (κ2) is 5.88. The van der Waals surface area contributed by atoms with Crippen LogP contribution in [0.3, 0.4) is 0 Å². The maximum Gasteiger partial charge on any atom is 0.335 e. The molecule has 0 spiro atoms. The van der Waals surface area contributed by atoms with Crippen LogP contribution in [0.25, 0.3) is 0 Å². The summed E-state index contributed by atoms with van der Waals surface area (Å²) in [5.41, 5.74) is -2.34. The average molecular weight is 304 g/mol. The second-order valence-electron chi connectivity index (χ2n) is 3.83. The molecule has 1 aromatic rings. The Labute approximate surface area is 114 Å². The lowest BCUT2D eigenvalue weighted by molar-refractivity contribution is 0.0696. The van der Waals surface area contributed by atoms with E-state index in [4.69, 9.17) is 19.5 Å². The van der Waals surface area contributed by atoms with Crippen LogP contribution in [0, 0.1) is 0 Å². The van der Waals surface area contributed by atoms with Gasteiger partial charge in [-0.1, -0.05) is 6.92 Å². The first-order valence-corrected chi connectivity index (χ1v) is 6.90. The first kappa shape index (κ1) is 15.9. The van der Waals surface area contributed by atoms with E-state index in [0.29, 0.717) is 0 Å². The molecule has 0 bridgehead atoms. The largest absolute Gasteiger partial charge is 0.478 e. The number of hydrogen-bond acceptors (Lipinski definition) is 5. The highest BCUT2D eigenvalue weighted by atomic mass is 32.2. The van der Waals surface area contributed by atoms with Crippen molar-refractivity contribution in [1.82, 2.24) is 0 Å². The van der Waals surface area contributed by atoms with Crippen LogP contribution < -0.4 is 4.74 Å². The monoisotopic (exact) mass is 304 g/mol. The molecule has 0 aliphatic carbocycles. The van der Waals surface area contributed by atoms with E-state index in [-0.39, 0.29) is 23.3 Å². The van der Waals surface area contributed by atoms with Crippen LogP contribution in [-0.2, 0) is 10.1 Å². The van der Waals surface area contributed by atoms with Gasteiger partial charge in [-0.05, 0) is 24.6 Å². The Bertz CT molecular complexity index is 602. The van der Waals surface area contributed by atoms with Gasteiger partial charge < -0.3 is 14.9 Å². The average Bonchev–Trinajstić information content (AvgIpc) is 2.33. The summed E-state index contributed by atoms with van der Waals surface area (Å²) >= 11 is 0. The van der Waals surface area contributed by atoms with E-state index in [2.05, 4.69) is 0 Å².